The van der Waals surface area contributed by atoms with Crippen LogP contribution in [0.15, 0.2) is 33.9 Å². The van der Waals surface area contributed by atoms with Crippen molar-refractivity contribution in [3.63, 3.8) is 0 Å². The molecule has 0 aliphatic heterocycles. The Kier molecular flexibility index (Phi) is 12.1. The van der Waals surface area contributed by atoms with Crippen molar-refractivity contribution in [1.29, 1.82) is 0 Å². The second kappa shape index (κ2) is 14.7. The molecule has 0 saturated heterocycles. The fourth-order valence-corrected chi connectivity index (χ4v) is 3.72. The Morgan fingerprint density at radius 3 is 2.23 bits per heavy atom. The number of halogens is 3. The van der Waals surface area contributed by atoms with Crippen LogP contribution in [-0.4, -0.2) is 38.7 Å². The van der Waals surface area contributed by atoms with Gasteiger partial charge in [0.1, 0.15) is 12.4 Å². The summed E-state index contributed by atoms with van der Waals surface area (Å²) in [5.74, 6) is -0.451. The minimum absolute atomic E-state index is 0.0823. The topological polar surface area (TPSA) is 102 Å². The van der Waals surface area contributed by atoms with Crippen molar-refractivity contribution in [2.75, 3.05) is 6.61 Å². The molecule has 0 N–H and O–H groups in total. The summed E-state index contributed by atoms with van der Waals surface area (Å²) >= 11 is 0. The first-order valence-corrected chi connectivity index (χ1v) is 13.2. The molecule has 1 aromatic heterocycles. The van der Waals surface area contributed by atoms with Crippen molar-refractivity contribution >= 4 is 5.97 Å². The van der Waals surface area contributed by atoms with Crippen molar-refractivity contribution in [1.82, 2.24) is 14.3 Å². The molecule has 0 unspecified atom stereocenters. The number of aromatic nitrogens is 3. The van der Waals surface area contributed by atoms with Crippen LogP contribution in [0.2, 0.25) is 0 Å². The van der Waals surface area contributed by atoms with E-state index in [1.165, 1.54) is 0 Å². The Balaban J connectivity index is 2.17. The minimum atomic E-state index is -4.36. The van der Waals surface area contributed by atoms with E-state index in [0.717, 1.165) is 34.9 Å². The lowest BCUT2D eigenvalue weighted by molar-refractivity contribution is -0.158. The summed E-state index contributed by atoms with van der Waals surface area (Å²) in [5.41, 5.74) is -2.03. The van der Waals surface area contributed by atoms with E-state index in [-0.39, 0.29) is 38.6 Å². The monoisotopic (exact) mass is 557 g/mol. The maximum atomic E-state index is 13.0. The standard InChI is InChI=1S/C27H38F3N3O6/c1-5-7-8-9-10-17-32-23(34)22(31-33(25(32)36)18-11-16-27(28,29)30)38-19-20-12-14-21(15-13-20)39-26(3,4)24(35)37-6-2/h12-15H,5-11,16-19H2,1-4H3. The van der Waals surface area contributed by atoms with E-state index < -0.39 is 35.4 Å². The van der Waals surface area contributed by atoms with E-state index in [9.17, 15) is 27.6 Å². The van der Waals surface area contributed by atoms with E-state index >= 15 is 0 Å². The number of nitrogens with zero attached hydrogens (tertiary/aromatic N) is 3. The van der Waals surface area contributed by atoms with Crippen molar-refractivity contribution in [2.45, 2.75) is 104 Å². The number of rotatable bonds is 16. The molecule has 12 heteroatoms. The Hall–Kier alpha value is -3.31. The molecule has 0 atom stereocenters. The van der Waals surface area contributed by atoms with Crippen molar-refractivity contribution in [3.05, 3.63) is 50.7 Å². The molecule has 9 nitrogen and oxygen atoms in total. The molecular formula is C27H38F3N3O6. The number of esters is 1. The lowest BCUT2D eigenvalue weighted by Gasteiger charge is -2.24. The zero-order valence-corrected chi connectivity index (χ0v) is 23.0. The Bertz CT molecular complexity index is 1170. The van der Waals surface area contributed by atoms with Gasteiger partial charge in [-0.2, -0.15) is 13.2 Å². The fraction of sp³-hybridized carbons (Fsp3) is 0.630. The summed E-state index contributed by atoms with van der Waals surface area (Å²) in [6, 6.07) is 6.59. The highest BCUT2D eigenvalue weighted by Gasteiger charge is 2.31. The Morgan fingerprint density at radius 1 is 0.949 bits per heavy atom. The quantitative estimate of drug-likeness (QED) is 0.211. The maximum Gasteiger partial charge on any atom is 0.389 e. The van der Waals surface area contributed by atoms with Gasteiger partial charge >= 0.3 is 23.4 Å². The van der Waals surface area contributed by atoms with Gasteiger partial charge in [0.25, 0.3) is 5.88 Å². The number of aryl methyl sites for hydroxylation is 1. The van der Waals surface area contributed by atoms with Gasteiger partial charge in [0, 0.05) is 19.5 Å². The molecule has 0 radical (unpaired) electrons. The first-order valence-electron chi connectivity index (χ1n) is 13.2. The van der Waals surface area contributed by atoms with Crippen LogP contribution in [0, 0.1) is 0 Å². The maximum absolute atomic E-state index is 13.0. The summed E-state index contributed by atoms with van der Waals surface area (Å²) in [4.78, 5) is 37.8. The third-order valence-electron chi connectivity index (χ3n) is 5.85. The van der Waals surface area contributed by atoms with Gasteiger partial charge in [-0.3, -0.25) is 9.36 Å². The number of carbonyl (C=O) groups excluding carboxylic acids is 1. The molecule has 1 aromatic carbocycles. The number of carbonyl (C=O) groups is 1. The van der Waals surface area contributed by atoms with Gasteiger partial charge in [0.2, 0.25) is 0 Å². The first-order chi connectivity index (χ1) is 18.4. The van der Waals surface area contributed by atoms with Crippen molar-refractivity contribution < 1.29 is 32.2 Å². The van der Waals surface area contributed by atoms with E-state index in [1.807, 2.05) is 0 Å². The number of ether oxygens (including phenoxy) is 3. The van der Waals surface area contributed by atoms with Gasteiger partial charge in [-0.1, -0.05) is 44.7 Å². The largest absolute Gasteiger partial charge is 0.476 e. The van der Waals surface area contributed by atoms with E-state index in [0.29, 0.717) is 17.7 Å². The molecule has 0 saturated carbocycles. The molecule has 0 bridgehead atoms. The van der Waals surface area contributed by atoms with Crippen LogP contribution >= 0.6 is 0 Å². The van der Waals surface area contributed by atoms with Gasteiger partial charge in [-0.15, -0.1) is 5.10 Å². The zero-order valence-electron chi connectivity index (χ0n) is 23.0. The van der Waals surface area contributed by atoms with Crippen LogP contribution in [-0.2, 0) is 29.2 Å². The molecular weight excluding hydrogens is 519 g/mol. The van der Waals surface area contributed by atoms with Gasteiger partial charge in [0.05, 0.1) is 6.61 Å². The predicted molar refractivity (Wildman–Crippen MR) is 139 cm³/mol. The van der Waals surface area contributed by atoms with Crippen molar-refractivity contribution in [2.24, 2.45) is 0 Å². The molecule has 0 fully saturated rings. The fourth-order valence-electron chi connectivity index (χ4n) is 3.72. The molecule has 0 spiro atoms. The van der Waals surface area contributed by atoms with Crippen LogP contribution in [0.1, 0.15) is 78.2 Å². The normalized spacial score (nSPS) is 11.9. The summed E-state index contributed by atoms with van der Waals surface area (Å²) in [5, 5.41) is 3.93. The Morgan fingerprint density at radius 2 is 1.62 bits per heavy atom. The van der Waals surface area contributed by atoms with E-state index in [4.69, 9.17) is 14.2 Å². The highest BCUT2D eigenvalue weighted by molar-refractivity contribution is 5.79. The molecule has 218 valence electrons. The van der Waals surface area contributed by atoms with Crippen LogP contribution in [0.4, 0.5) is 13.2 Å². The summed E-state index contributed by atoms with van der Waals surface area (Å²) in [6.07, 6.45) is -1.38. The third-order valence-corrected chi connectivity index (χ3v) is 5.85. The van der Waals surface area contributed by atoms with Gasteiger partial charge in [0.15, 0.2) is 5.60 Å². The van der Waals surface area contributed by atoms with Crippen LogP contribution < -0.4 is 20.7 Å². The molecule has 2 rings (SSSR count). The molecule has 0 aliphatic carbocycles. The molecule has 39 heavy (non-hydrogen) atoms. The average Bonchev–Trinajstić information content (AvgIpc) is 2.86. The lowest BCUT2D eigenvalue weighted by atomic mass is 10.1. The van der Waals surface area contributed by atoms with Crippen LogP contribution in [0.3, 0.4) is 0 Å². The number of hydrogen-bond donors (Lipinski definition) is 0. The second-order valence-corrected chi connectivity index (χ2v) is 9.67. The highest BCUT2D eigenvalue weighted by Crippen LogP contribution is 2.22. The van der Waals surface area contributed by atoms with Crippen LogP contribution in [0.25, 0.3) is 0 Å². The number of unbranched alkanes of at least 4 members (excludes halogenated alkanes) is 4. The smallest absolute Gasteiger partial charge is 0.389 e. The van der Waals surface area contributed by atoms with E-state index in [2.05, 4.69) is 12.0 Å². The molecule has 2 aromatic rings. The number of alkyl halides is 3. The van der Waals surface area contributed by atoms with E-state index in [1.54, 1.807) is 45.0 Å². The third kappa shape index (κ3) is 10.4. The van der Waals surface area contributed by atoms with Gasteiger partial charge < -0.3 is 14.2 Å². The summed E-state index contributed by atoms with van der Waals surface area (Å²) in [7, 11) is 0. The number of hydrogen-bond acceptors (Lipinski definition) is 7. The summed E-state index contributed by atoms with van der Waals surface area (Å²) < 4.78 is 56.1. The predicted octanol–water partition coefficient (Wildman–Crippen LogP) is 5.02. The minimum Gasteiger partial charge on any atom is -0.476 e. The summed E-state index contributed by atoms with van der Waals surface area (Å²) in [6.45, 7) is 6.93. The lowest BCUT2D eigenvalue weighted by Crippen LogP contribution is -2.42. The zero-order chi connectivity index (χ0) is 29.1. The van der Waals surface area contributed by atoms with Gasteiger partial charge in [-0.05, 0) is 51.3 Å². The SMILES string of the molecule is CCCCCCCn1c(=O)c(OCc2ccc(OC(C)(C)C(=O)OCC)cc2)nn(CCCC(F)(F)F)c1=O. The van der Waals surface area contributed by atoms with Gasteiger partial charge in [-0.25, -0.2) is 14.3 Å². The molecule has 1 heterocycles. The van der Waals surface area contributed by atoms with Crippen molar-refractivity contribution in [3.8, 4) is 11.6 Å². The highest BCUT2D eigenvalue weighted by atomic mass is 19.4. The second-order valence-electron chi connectivity index (χ2n) is 9.67. The molecule has 0 amide bonds. The average molecular weight is 558 g/mol. The van der Waals surface area contributed by atoms with Crippen LogP contribution in [0.5, 0.6) is 11.6 Å². The Labute approximate surface area is 225 Å². The first kappa shape index (κ1) is 31.9. The molecule has 0 aliphatic rings. The number of benzene rings is 1.